The number of hydrogen-bond acceptors (Lipinski definition) is 6. The van der Waals surface area contributed by atoms with Crippen LogP contribution in [0.5, 0.6) is 0 Å². The van der Waals surface area contributed by atoms with E-state index >= 15 is 0 Å². The number of para-hydroxylation sites is 1. The molecule has 0 spiro atoms. The van der Waals surface area contributed by atoms with Gasteiger partial charge in [-0.3, -0.25) is 0 Å². The highest BCUT2D eigenvalue weighted by molar-refractivity contribution is 7.97. The van der Waals surface area contributed by atoms with Gasteiger partial charge in [-0.1, -0.05) is 18.2 Å². The van der Waals surface area contributed by atoms with E-state index in [1.165, 1.54) is 11.3 Å². The predicted molar refractivity (Wildman–Crippen MR) is 116 cm³/mol. The van der Waals surface area contributed by atoms with E-state index in [1.54, 1.807) is 0 Å². The number of anilines is 3. The molecule has 140 valence electrons. The number of rotatable bonds is 5. The lowest BCUT2D eigenvalue weighted by Crippen LogP contribution is -2.44. The van der Waals surface area contributed by atoms with Crippen LogP contribution < -0.4 is 10.2 Å². The molecule has 6 heteroatoms. The summed E-state index contributed by atoms with van der Waals surface area (Å²) >= 11 is 1.85. The van der Waals surface area contributed by atoms with Crippen molar-refractivity contribution < 1.29 is 0 Å². The Kier molecular flexibility index (Phi) is 5.45. The third-order valence-electron chi connectivity index (χ3n) is 4.97. The number of thioether (sulfide) groups is 1. The van der Waals surface area contributed by atoms with Crippen LogP contribution in [0.2, 0.25) is 0 Å². The molecule has 1 aliphatic heterocycles. The molecule has 5 nitrogen and oxygen atoms in total. The van der Waals surface area contributed by atoms with Gasteiger partial charge in [-0.05, 0) is 43.1 Å². The monoisotopic (exact) mass is 379 g/mol. The van der Waals surface area contributed by atoms with Gasteiger partial charge < -0.3 is 15.1 Å². The van der Waals surface area contributed by atoms with Crippen LogP contribution >= 0.6 is 11.8 Å². The summed E-state index contributed by atoms with van der Waals surface area (Å²) in [5.74, 6) is 1.63. The summed E-state index contributed by atoms with van der Waals surface area (Å²) in [4.78, 5) is 14.0. The minimum Gasteiger partial charge on any atom is -0.369 e. The number of benzene rings is 2. The second-order valence-electron chi connectivity index (χ2n) is 6.94. The second kappa shape index (κ2) is 8.15. The molecule has 0 radical (unpaired) electrons. The fraction of sp³-hybridized carbons (Fsp3) is 0.333. The van der Waals surface area contributed by atoms with Gasteiger partial charge in [0.2, 0.25) is 5.95 Å². The largest absolute Gasteiger partial charge is 0.369 e. The van der Waals surface area contributed by atoms with Crippen LogP contribution in [0.1, 0.15) is 5.56 Å². The van der Waals surface area contributed by atoms with Gasteiger partial charge in [0.1, 0.15) is 0 Å². The molecule has 0 unspecified atom stereocenters. The second-order valence-corrected chi connectivity index (χ2v) is 7.81. The molecule has 1 aliphatic rings. The Bertz CT molecular complexity index is 921. The average Bonchev–Trinajstić information content (AvgIpc) is 2.69. The van der Waals surface area contributed by atoms with Crippen molar-refractivity contribution in [2.75, 3.05) is 49.7 Å². The number of hydrogen-bond donors (Lipinski definition) is 1. The van der Waals surface area contributed by atoms with Gasteiger partial charge in [-0.15, -0.1) is 0 Å². The summed E-state index contributed by atoms with van der Waals surface area (Å²) in [5.41, 5.74) is 4.70. The maximum atomic E-state index is 4.62. The van der Waals surface area contributed by atoms with E-state index in [9.17, 15) is 0 Å². The van der Waals surface area contributed by atoms with E-state index in [2.05, 4.69) is 56.6 Å². The molecule has 3 aromatic rings. The standard InChI is InChI=1S/C21H25N5S/c1-25-9-11-26(12-10-25)20-8-7-18(13-17(20)15-27-2)23-21-22-14-16-5-3-4-6-19(16)24-21/h3-8,13-14H,9-12,15H2,1-2H3,(H,22,23,24). The molecule has 27 heavy (non-hydrogen) atoms. The van der Waals surface area contributed by atoms with Gasteiger partial charge in [0.25, 0.3) is 0 Å². The van der Waals surface area contributed by atoms with Gasteiger partial charge in [0, 0.05) is 54.9 Å². The summed E-state index contributed by atoms with van der Waals surface area (Å²) < 4.78 is 0. The molecule has 0 saturated carbocycles. The van der Waals surface area contributed by atoms with Crippen LogP contribution in [-0.4, -0.2) is 54.4 Å². The first-order valence-corrected chi connectivity index (χ1v) is 10.7. The third-order valence-corrected chi connectivity index (χ3v) is 5.57. The molecule has 1 saturated heterocycles. The van der Waals surface area contributed by atoms with E-state index in [-0.39, 0.29) is 0 Å². The van der Waals surface area contributed by atoms with Crippen LogP contribution in [0.25, 0.3) is 10.9 Å². The quantitative estimate of drug-likeness (QED) is 0.723. The molecule has 4 rings (SSSR count). The van der Waals surface area contributed by atoms with Crippen LogP contribution in [0.15, 0.2) is 48.7 Å². The lowest BCUT2D eigenvalue weighted by Gasteiger charge is -2.35. The van der Waals surface area contributed by atoms with Crippen LogP contribution in [0, 0.1) is 0 Å². The van der Waals surface area contributed by atoms with Gasteiger partial charge in [-0.25, -0.2) is 9.97 Å². The van der Waals surface area contributed by atoms with E-state index in [4.69, 9.17) is 0 Å². The van der Waals surface area contributed by atoms with E-state index < -0.39 is 0 Å². The SMILES string of the molecule is CSCc1cc(Nc2ncc3ccccc3n2)ccc1N1CCN(C)CC1. The Labute approximate surface area is 164 Å². The Morgan fingerprint density at radius 3 is 2.70 bits per heavy atom. The minimum absolute atomic E-state index is 0.635. The van der Waals surface area contributed by atoms with Crippen molar-refractivity contribution in [3.63, 3.8) is 0 Å². The molecule has 1 aromatic heterocycles. The zero-order valence-corrected chi connectivity index (χ0v) is 16.7. The molecular formula is C21H25N5S. The lowest BCUT2D eigenvalue weighted by molar-refractivity contribution is 0.312. The molecule has 0 bridgehead atoms. The fourth-order valence-corrected chi connectivity index (χ4v) is 3.99. The third kappa shape index (κ3) is 4.17. The van der Waals surface area contributed by atoms with Crippen molar-refractivity contribution in [3.8, 4) is 0 Å². The molecule has 0 amide bonds. The number of nitrogens with one attached hydrogen (secondary N) is 1. The number of fused-ring (bicyclic) bond motifs is 1. The molecule has 2 heterocycles. The van der Waals surface area contributed by atoms with Crippen molar-refractivity contribution in [1.82, 2.24) is 14.9 Å². The van der Waals surface area contributed by atoms with Gasteiger partial charge in [0.15, 0.2) is 0 Å². The van der Waals surface area contributed by atoms with Gasteiger partial charge in [-0.2, -0.15) is 11.8 Å². The van der Waals surface area contributed by atoms with Crippen molar-refractivity contribution in [2.24, 2.45) is 0 Å². The van der Waals surface area contributed by atoms with Crippen LogP contribution in [-0.2, 0) is 5.75 Å². The molecule has 1 fully saturated rings. The fourth-order valence-electron chi connectivity index (χ4n) is 3.45. The number of nitrogens with zero attached hydrogens (tertiary/aromatic N) is 4. The zero-order valence-electron chi connectivity index (χ0n) is 15.9. The minimum atomic E-state index is 0.635. The summed E-state index contributed by atoms with van der Waals surface area (Å²) in [5, 5.41) is 4.43. The number of aromatic nitrogens is 2. The van der Waals surface area contributed by atoms with Crippen molar-refractivity contribution >= 4 is 40.0 Å². The average molecular weight is 380 g/mol. The van der Waals surface area contributed by atoms with Crippen molar-refractivity contribution in [1.29, 1.82) is 0 Å². The highest BCUT2D eigenvalue weighted by Gasteiger charge is 2.17. The van der Waals surface area contributed by atoms with Crippen molar-refractivity contribution in [3.05, 3.63) is 54.2 Å². The Morgan fingerprint density at radius 1 is 1.07 bits per heavy atom. The Balaban J connectivity index is 1.58. The number of likely N-dealkylation sites (N-methyl/N-ethyl adjacent to an activating group) is 1. The van der Waals surface area contributed by atoms with Gasteiger partial charge in [0.05, 0.1) is 5.52 Å². The summed E-state index contributed by atoms with van der Waals surface area (Å²) in [6.07, 6.45) is 4.02. The summed E-state index contributed by atoms with van der Waals surface area (Å²) in [7, 11) is 2.19. The lowest BCUT2D eigenvalue weighted by atomic mass is 10.1. The highest BCUT2D eigenvalue weighted by atomic mass is 32.2. The highest BCUT2D eigenvalue weighted by Crippen LogP contribution is 2.29. The smallest absolute Gasteiger partial charge is 0.227 e. The topological polar surface area (TPSA) is 44.3 Å². The zero-order chi connectivity index (χ0) is 18.6. The maximum absolute atomic E-state index is 4.62. The molecule has 0 aliphatic carbocycles. The predicted octanol–water partition coefficient (Wildman–Crippen LogP) is 3.99. The van der Waals surface area contributed by atoms with E-state index in [0.29, 0.717) is 5.95 Å². The first-order valence-electron chi connectivity index (χ1n) is 9.27. The normalized spacial score (nSPS) is 15.3. The first kappa shape index (κ1) is 18.1. The molecule has 1 N–H and O–H groups in total. The van der Waals surface area contributed by atoms with E-state index in [0.717, 1.165) is 48.5 Å². The van der Waals surface area contributed by atoms with Crippen LogP contribution in [0.4, 0.5) is 17.3 Å². The number of piperazine rings is 1. The molecule has 0 atom stereocenters. The molecular weight excluding hydrogens is 354 g/mol. The van der Waals surface area contributed by atoms with E-state index in [1.807, 2.05) is 42.2 Å². The first-order chi connectivity index (χ1) is 13.2. The van der Waals surface area contributed by atoms with Crippen LogP contribution in [0.3, 0.4) is 0 Å². The summed E-state index contributed by atoms with van der Waals surface area (Å²) in [6, 6.07) is 14.7. The maximum Gasteiger partial charge on any atom is 0.227 e. The summed E-state index contributed by atoms with van der Waals surface area (Å²) in [6.45, 7) is 4.39. The molecule has 2 aromatic carbocycles. The van der Waals surface area contributed by atoms with Crippen molar-refractivity contribution in [2.45, 2.75) is 5.75 Å². The Morgan fingerprint density at radius 2 is 1.89 bits per heavy atom. The Hall–Kier alpha value is -2.31. The van der Waals surface area contributed by atoms with Gasteiger partial charge >= 0.3 is 0 Å².